The van der Waals surface area contributed by atoms with E-state index < -0.39 is 0 Å². The summed E-state index contributed by atoms with van der Waals surface area (Å²) in [6.45, 7) is 12.1. The van der Waals surface area contributed by atoms with Crippen LogP contribution in [-0.2, 0) is 0 Å². The van der Waals surface area contributed by atoms with Gasteiger partial charge in [0.25, 0.3) is 5.89 Å². The summed E-state index contributed by atoms with van der Waals surface area (Å²) >= 11 is 1.61. The number of nitrogens with zero attached hydrogens (tertiary/aromatic N) is 6. The molecule has 7 nitrogen and oxygen atoms in total. The number of thiophene rings is 1. The van der Waals surface area contributed by atoms with Crippen molar-refractivity contribution in [1.82, 2.24) is 25.1 Å². The minimum Gasteiger partial charge on any atom is -0.418 e. The Morgan fingerprint density at radius 1 is 1.07 bits per heavy atom. The molecule has 0 N–H and O–H groups in total. The number of rotatable bonds is 5. The van der Waals surface area contributed by atoms with E-state index in [1.165, 1.54) is 0 Å². The molecule has 3 aromatic heterocycles. The number of anilines is 1. The number of piperazine rings is 1. The zero-order chi connectivity index (χ0) is 19.7. The van der Waals surface area contributed by atoms with Crippen molar-refractivity contribution >= 4 is 17.2 Å². The summed E-state index contributed by atoms with van der Waals surface area (Å²) in [6, 6.07) is 6.17. The molecule has 1 atom stereocenters. The molecule has 0 aromatic carbocycles. The second kappa shape index (κ2) is 7.97. The molecule has 3 aromatic rings. The molecular formula is C20H26N6OS. The van der Waals surface area contributed by atoms with E-state index in [-0.39, 0.29) is 6.04 Å². The standard InChI is InChI=1S/C20H26N6OS/c1-13(2)18-21-14(3)12-17(22-18)26-9-7-25(8-10-26)15(4)19-23-24-20(27-19)16-6-5-11-28-16/h5-6,11-13,15H,7-10H2,1-4H3. The lowest BCUT2D eigenvalue weighted by Gasteiger charge is -2.37. The van der Waals surface area contributed by atoms with Gasteiger partial charge in [0.15, 0.2) is 0 Å². The fourth-order valence-electron chi connectivity index (χ4n) is 3.39. The smallest absolute Gasteiger partial charge is 0.257 e. The van der Waals surface area contributed by atoms with Gasteiger partial charge in [-0.3, -0.25) is 4.90 Å². The van der Waals surface area contributed by atoms with Gasteiger partial charge < -0.3 is 9.32 Å². The molecule has 28 heavy (non-hydrogen) atoms. The van der Waals surface area contributed by atoms with Crippen LogP contribution in [0.4, 0.5) is 5.82 Å². The van der Waals surface area contributed by atoms with Crippen LogP contribution in [-0.4, -0.2) is 51.2 Å². The summed E-state index contributed by atoms with van der Waals surface area (Å²) in [6.07, 6.45) is 0. The van der Waals surface area contributed by atoms with Crippen molar-refractivity contribution in [3.63, 3.8) is 0 Å². The molecule has 0 saturated carbocycles. The molecule has 8 heteroatoms. The molecule has 1 aliphatic rings. The lowest BCUT2D eigenvalue weighted by atomic mass is 10.2. The van der Waals surface area contributed by atoms with Gasteiger partial charge in [0, 0.05) is 43.9 Å². The van der Waals surface area contributed by atoms with Crippen molar-refractivity contribution in [3.05, 3.63) is 41.0 Å². The molecule has 0 bridgehead atoms. The Morgan fingerprint density at radius 2 is 1.86 bits per heavy atom. The van der Waals surface area contributed by atoms with Crippen molar-refractivity contribution in [3.8, 4) is 10.8 Å². The summed E-state index contributed by atoms with van der Waals surface area (Å²) in [5.41, 5.74) is 1.02. The molecule has 1 unspecified atom stereocenters. The topological polar surface area (TPSA) is 71.2 Å². The van der Waals surface area contributed by atoms with E-state index in [0.717, 1.165) is 48.4 Å². The first-order valence-electron chi connectivity index (χ1n) is 9.73. The average molecular weight is 399 g/mol. The van der Waals surface area contributed by atoms with Crippen LogP contribution >= 0.6 is 11.3 Å². The van der Waals surface area contributed by atoms with Crippen LogP contribution in [0.2, 0.25) is 0 Å². The van der Waals surface area contributed by atoms with E-state index in [2.05, 4.69) is 51.8 Å². The highest BCUT2D eigenvalue weighted by Crippen LogP contribution is 2.28. The van der Waals surface area contributed by atoms with Crippen LogP contribution in [0.25, 0.3) is 10.8 Å². The molecule has 1 aliphatic heterocycles. The maximum atomic E-state index is 5.92. The third-order valence-corrected chi connectivity index (χ3v) is 5.95. The average Bonchev–Trinajstić information content (AvgIpc) is 3.38. The summed E-state index contributed by atoms with van der Waals surface area (Å²) in [4.78, 5) is 15.1. The van der Waals surface area contributed by atoms with Gasteiger partial charge in [-0.25, -0.2) is 9.97 Å². The highest BCUT2D eigenvalue weighted by atomic mass is 32.1. The number of hydrogen-bond acceptors (Lipinski definition) is 8. The minimum absolute atomic E-state index is 0.0988. The van der Waals surface area contributed by atoms with Gasteiger partial charge in [-0.05, 0) is 25.3 Å². The Labute approximate surface area is 169 Å². The maximum absolute atomic E-state index is 5.92. The highest BCUT2D eigenvalue weighted by Gasteiger charge is 2.27. The minimum atomic E-state index is 0.0988. The second-order valence-electron chi connectivity index (χ2n) is 7.50. The van der Waals surface area contributed by atoms with Crippen LogP contribution < -0.4 is 4.90 Å². The Balaban J connectivity index is 1.41. The SMILES string of the molecule is Cc1cc(N2CCN(C(C)c3nnc(-c4cccs4)o3)CC2)nc(C(C)C)n1. The highest BCUT2D eigenvalue weighted by molar-refractivity contribution is 7.13. The summed E-state index contributed by atoms with van der Waals surface area (Å²) in [5.74, 6) is 3.55. The van der Waals surface area contributed by atoms with Gasteiger partial charge in [-0.1, -0.05) is 19.9 Å². The monoisotopic (exact) mass is 398 g/mol. The lowest BCUT2D eigenvalue weighted by molar-refractivity contribution is 0.173. The molecule has 0 radical (unpaired) electrons. The molecule has 0 aliphatic carbocycles. The molecule has 1 fully saturated rings. The van der Waals surface area contributed by atoms with Crippen LogP contribution in [0.1, 0.15) is 50.1 Å². The van der Waals surface area contributed by atoms with Crippen molar-refractivity contribution in [1.29, 1.82) is 0 Å². The van der Waals surface area contributed by atoms with Gasteiger partial charge in [-0.15, -0.1) is 21.5 Å². The van der Waals surface area contributed by atoms with Gasteiger partial charge in [0.05, 0.1) is 10.9 Å². The van der Waals surface area contributed by atoms with E-state index in [4.69, 9.17) is 9.40 Å². The van der Waals surface area contributed by atoms with Gasteiger partial charge in [-0.2, -0.15) is 0 Å². The molecule has 4 heterocycles. The lowest BCUT2D eigenvalue weighted by Crippen LogP contribution is -2.47. The molecule has 0 amide bonds. The number of hydrogen-bond donors (Lipinski definition) is 0. The number of aryl methyl sites for hydroxylation is 1. The van der Waals surface area contributed by atoms with Crippen molar-refractivity contribution in [2.75, 3.05) is 31.1 Å². The normalized spacial score (nSPS) is 16.7. The maximum Gasteiger partial charge on any atom is 0.257 e. The molecular weight excluding hydrogens is 372 g/mol. The molecule has 0 spiro atoms. The van der Waals surface area contributed by atoms with E-state index in [1.54, 1.807) is 11.3 Å². The Hall–Kier alpha value is -2.32. The Bertz CT molecular complexity index is 915. The summed E-state index contributed by atoms with van der Waals surface area (Å²) in [7, 11) is 0. The molecule has 148 valence electrons. The fourth-order valence-corrected chi connectivity index (χ4v) is 4.04. The van der Waals surface area contributed by atoms with Crippen molar-refractivity contribution in [2.45, 2.75) is 39.7 Å². The van der Waals surface area contributed by atoms with Gasteiger partial charge >= 0.3 is 0 Å². The third-order valence-electron chi connectivity index (χ3n) is 5.09. The van der Waals surface area contributed by atoms with Crippen molar-refractivity contribution in [2.24, 2.45) is 0 Å². The van der Waals surface area contributed by atoms with Crippen LogP contribution in [0.3, 0.4) is 0 Å². The molecule has 1 saturated heterocycles. The first-order valence-corrected chi connectivity index (χ1v) is 10.6. The fraction of sp³-hybridized carbons (Fsp3) is 0.500. The zero-order valence-corrected chi connectivity index (χ0v) is 17.6. The van der Waals surface area contributed by atoms with Crippen LogP contribution in [0.15, 0.2) is 28.0 Å². The van der Waals surface area contributed by atoms with E-state index in [9.17, 15) is 0 Å². The zero-order valence-electron chi connectivity index (χ0n) is 16.8. The summed E-state index contributed by atoms with van der Waals surface area (Å²) < 4.78 is 5.92. The Kier molecular flexibility index (Phi) is 5.41. The van der Waals surface area contributed by atoms with Gasteiger partial charge in [0.2, 0.25) is 5.89 Å². The largest absolute Gasteiger partial charge is 0.418 e. The quantitative estimate of drug-likeness (QED) is 0.645. The second-order valence-corrected chi connectivity index (χ2v) is 8.45. The van der Waals surface area contributed by atoms with Gasteiger partial charge in [0.1, 0.15) is 11.6 Å². The third kappa shape index (κ3) is 3.93. The van der Waals surface area contributed by atoms with E-state index >= 15 is 0 Å². The molecule has 4 rings (SSSR count). The van der Waals surface area contributed by atoms with Crippen LogP contribution in [0.5, 0.6) is 0 Å². The first-order chi connectivity index (χ1) is 13.5. The number of aromatic nitrogens is 4. The Morgan fingerprint density at radius 3 is 2.54 bits per heavy atom. The summed E-state index contributed by atoms with van der Waals surface area (Å²) in [5, 5.41) is 10.5. The van der Waals surface area contributed by atoms with E-state index in [1.807, 2.05) is 24.4 Å². The van der Waals surface area contributed by atoms with Crippen LogP contribution in [0, 0.1) is 6.92 Å². The first kappa shape index (κ1) is 19.0. The predicted octanol–water partition coefficient (Wildman–Crippen LogP) is 3.90. The van der Waals surface area contributed by atoms with E-state index in [0.29, 0.717) is 17.7 Å². The predicted molar refractivity (Wildman–Crippen MR) is 111 cm³/mol. The van der Waals surface area contributed by atoms with Crippen molar-refractivity contribution < 1.29 is 4.42 Å².